The van der Waals surface area contributed by atoms with Gasteiger partial charge in [-0.25, -0.2) is 9.37 Å². The fourth-order valence-electron chi connectivity index (χ4n) is 2.98. The molecule has 2 aromatic heterocycles. The number of aromatic nitrogens is 2. The first-order valence-corrected chi connectivity index (χ1v) is 8.44. The standard InChI is InChI=1S/C21H14ClFN2O/c1-12-2-7-16(23)9-17(12)20(26)19-11-25-21-18(19)8-14(10-24-21)13-3-5-15(22)6-4-13/h2-11H,1H3,(H,24,25). The quantitative estimate of drug-likeness (QED) is 0.483. The van der Waals surface area contributed by atoms with Gasteiger partial charge in [0.15, 0.2) is 5.78 Å². The monoisotopic (exact) mass is 364 g/mol. The van der Waals surface area contributed by atoms with Crippen molar-refractivity contribution in [2.75, 3.05) is 0 Å². The van der Waals surface area contributed by atoms with Gasteiger partial charge in [-0.15, -0.1) is 0 Å². The van der Waals surface area contributed by atoms with Gasteiger partial charge in [0.25, 0.3) is 0 Å². The maximum atomic E-state index is 13.6. The van der Waals surface area contributed by atoms with Crippen LogP contribution in [0.5, 0.6) is 0 Å². The van der Waals surface area contributed by atoms with Crippen molar-refractivity contribution in [3.8, 4) is 11.1 Å². The molecular formula is C21H14ClFN2O. The molecule has 0 saturated carbocycles. The molecule has 0 saturated heterocycles. The molecule has 0 unspecified atom stereocenters. The molecule has 0 aliphatic carbocycles. The molecule has 0 bridgehead atoms. The van der Waals surface area contributed by atoms with Crippen LogP contribution in [0, 0.1) is 12.7 Å². The van der Waals surface area contributed by atoms with Gasteiger partial charge in [0.1, 0.15) is 11.5 Å². The van der Waals surface area contributed by atoms with Crippen LogP contribution in [0.25, 0.3) is 22.2 Å². The summed E-state index contributed by atoms with van der Waals surface area (Å²) in [4.78, 5) is 20.4. The number of rotatable bonds is 3. The number of aryl methyl sites for hydroxylation is 1. The first-order valence-electron chi connectivity index (χ1n) is 8.07. The molecule has 26 heavy (non-hydrogen) atoms. The van der Waals surface area contributed by atoms with Crippen molar-refractivity contribution in [2.45, 2.75) is 6.92 Å². The number of benzene rings is 2. The summed E-state index contributed by atoms with van der Waals surface area (Å²) < 4.78 is 13.6. The molecule has 0 aliphatic rings. The molecule has 4 rings (SSSR count). The average molecular weight is 365 g/mol. The normalized spacial score (nSPS) is 11.0. The third-order valence-corrected chi connectivity index (χ3v) is 4.65. The molecule has 0 spiro atoms. The lowest BCUT2D eigenvalue weighted by Crippen LogP contribution is -2.03. The molecule has 0 aliphatic heterocycles. The zero-order valence-corrected chi connectivity index (χ0v) is 14.6. The van der Waals surface area contributed by atoms with Gasteiger partial charge in [0.05, 0.1) is 0 Å². The van der Waals surface area contributed by atoms with Gasteiger partial charge < -0.3 is 4.98 Å². The van der Waals surface area contributed by atoms with E-state index in [0.717, 1.165) is 16.7 Å². The van der Waals surface area contributed by atoms with Crippen molar-refractivity contribution in [3.63, 3.8) is 0 Å². The van der Waals surface area contributed by atoms with Gasteiger partial charge in [-0.1, -0.05) is 29.8 Å². The van der Waals surface area contributed by atoms with E-state index in [2.05, 4.69) is 9.97 Å². The lowest BCUT2D eigenvalue weighted by atomic mass is 9.98. The summed E-state index contributed by atoms with van der Waals surface area (Å²) in [6, 6.07) is 13.5. The highest BCUT2D eigenvalue weighted by Gasteiger charge is 2.18. The second-order valence-electron chi connectivity index (χ2n) is 6.12. The average Bonchev–Trinajstić information content (AvgIpc) is 3.07. The Hall–Kier alpha value is -2.98. The van der Waals surface area contributed by atoms with Gasteiger partial charge in [-0.05, 0) is 48.4 Å². The molecule has 0 amide bonds. The Morgan fingerprint density at radius 1 is 1.04 bits per heavy atom. The smallest absolute Gasteiger partial charge is 0.195 e. The van der Waals surface area contributed by atoms with Crippen LogP contribution in [0.4, 0.5) is 4.39 Å². The third kappa shape index (κ3) is 2.89. The zero-order chi connectivity index (χ0) is 18.3. The number of nitrogens with zero attached hydrogens (tertiary/aromatic N) is 1. The van der Waals surface area contributed by atoms with E-state index in [4.69, 9.17) is 11.6 Å². The number of hydrogen-bond acceptors (Lipinski definition) is 2. The van der Waals surface area contributed by atoms with Crippen LogP contribution < -0.4 is 0 Å². The molecule has 4 aromatic rings. The van der Waals surface area contributed by atoms with E-state index in [-0.39, 0.29) is 5.78 Å². The van der Waals surface area contributed by atoms with Gasteiger partial charge >= 0.3 is 0 Å². The number of halogens is 2. The number of carbonyl (C=O) groups excluding carboxylic acids is 1. The summed E-state index contributed by atoms with van der Waals surface area (Å²) in [5.41, 5.74) is 3.98. The minimum atomic E-state index is -0.432. The maximum Gasteiger partial charge on any atom is 0.195 e. The highest BCUT2D eigenvalue weighted by Crippen LogP contribution is 2.27. The molecule has 2 aromatic carbocycles. The van der Waals surface area contributed by atoms with E-state index >= 15 is 0 Å². The van der Waals surface area contributed by atoms with Gasteiger partial charge in [-0.2, -0.15) is 0 Å². The molecule has 5 heteroatoms. The molecule has 3 nitrogen and oxygen atoms in total. The fraction of sp³-hybridized carbons (Fsp3) is 0.0476. The predicted octanol–water partition coefficient (Wildman–Crippen LogP) is 5.56. The van der Waals surface area contributed by atoms with Crippen LogP contribution in [0.15, 0.2) is 60.9 Å². The first kappa shape index (κ1) is 16.5. The Bertz CT molecular complexity index is 1130. The van der Waals surface area contributed by atoms with Gasteiger partial charge in [0, 0.05) is 39.5 Å². The van der Waals surface area contributed by atoms with E-state index in [1.807, 2.05) is 18.2 Å². The zero-order valence-electron chi connectivity index (χ0n) is 13.9. The highest BCUT2D eigenvalue weighted by molar-refractivity contribution is 6.30. The van der Waals surface area contributed by atoms with E-state index in [9.17, 15) is 9.18 Å². The molecule has 0 fully saturated rings. The summed E-state index contributed by atoms with van der Waals surface area (Å²) in [7, 11) is 0. The summed E-state index contributed by atoms with van der Waals surface area (Å²) in [5, 5.41) is 1.35. The van der Waals surface area contributed by atoms with Crippen molar-refractivity contribution in [2.24, 2.45) is 0 Å². The lowest BCUT2D eigenvalue weighted by Gasteiger charge is -2.06. The summed E-state index contributed by atoms with van der Waals surface area (Å²) in [6.07, 6.45) is 3.36. The second-order valence-corrected chi connectivity index (χ2v) is 6.55. The SMILES string of the molecule is Cc1ccc(F)cc1C(=O)c1c[nH]c2ncc(-c3ccc(Cl)cc3)cc12. The van der Waals surface area contributed by atoms with E-state index in [0.29, 0.717) is 27.2 Å². The first-order chi connectivity index (χ1) is 12.5. The number of pyridine rings is 1. The summed E-state index contributed by atoms with van der Waals surface area (Å²) in [6.45, 7) is 1.79. The Morgan fingerprint density at radius 3 is 2.58 bits per heavy atom. The van der Waals surface area contributed by atoms with Gasteiger partial charge in [0.2, 0.25) is 0 Å². The van der Waals surface area contributed by atoms with Crippen molar-refractivity contribution in [1.29, 1.82) is 0 Å². The Balaban J connectivity index is 1.83. The minimum absolute atomic E-state index is 0.233. The molecule has 2 heterocycles. The largest absolute Gasteiger partial charge is 0.345 e. The molecule has 0 atom stereocenters. The molecule has 128 valence electrons. The van der Waals surface area contributed by atoms with Crippen molar-refractivity contribution in [1.82, 2.24) is 9.97 Å². The second kappa shape index (κ2) is 6.39. The number of H-pyrrole nitrogens is 1. The number of aromatic amines is 1. The van der Waals surface area contributed by atoms with E-state index in [1.54, 1.807) is 37.5 Å². The topological polar surface area (TPSA) is 45.8 Å². The lowest BCUT2D eigenvalue weighted by molar-refractivity contribution is 0.103. The summed E-state index contributed by atoms with van der Waals surface area (Å²) >= 11 is 5.94. The predicted molar refractivity (Wildman–Crippen MR) is 101 cm³/mol. The van der Waals surface area contributed by atoms with Crippen LogP contribution >= 0.6 is 11.6 Å². The van der Waals surface area contributed by atoms with Crippen molar-refractivity contribution >= 4 is 28.4 Å². The summed E-state index contributed by atoms with van der Waals surface area (Å²) in [5.74, 6) is -0.665. The third-order valence-electron chi connectivity index (χ3n) is 4.40. The number of carbonyl (C=O) groups is 1. The van der Waals surface area contributed by atoms with Crippen LogP contribution in [-0.4, -0.2) is 15.8 Å². The number of fused-ring (bicyclic) bond motifs is 1. The maximum absolute atomic E-state index is 13.6. The molecule has 1 N–H and O–H groups in total. The van der Waals surface area contributed by atoms with Crippen molar-refractivity contribution < 1.29 is 9.18 Å². The van der Waals surface area contributed by atoms with Crippen LogP contribution in [0.1, 0.15) is 21.5 Å². The van der Waals surface area contributed by atoms with Crippen LogP contribution in [0.2, 0.25) is 5.02 Å². The Kier molecular flexibility index (Phi) is 4.05. The number of hydrogen-bond donors (Lipinski definition) is 1. The van der Waals surface area contributed by atoms with E-state index in [1.165, 1.54) is 12.1 Å². The number of ketones is 1. The molecule has 0 radical (unpaired) electrons. The van der Waals surface area contributed by atoms with Crippen LogP contribution in [0.3, 0.4) is 0 Å². The Morgan fingerprint density at radius 2 is 1.81 bits per heavy atom. The highest BCUT2D eigenvalue weighted by atomic mass is 35.5. The van der Waals surface area contributed by atoms with Gasteiger partial charge in [-0.3, -0.25) is 4.79 Å². The number of nitrogens with one attached hydrogen (secondary N) is 1. The minimum Gasteiger partial charge on any atom is -0.345 e. The van der Waals surface area contributed by atoms with Crippen LogP contribution in [-0.2, 0) is 0 Å². The van der Waals surface area contributed by atoms with Crippen molar-refractivity contribution in [3.05, 3.63) is 88.5 Å². The van der Waals surface area contributed by atoms with E-state index < -0.39 is 5.82 Å². The molecular weight excluding hydrogens is 351 g/mol. The fourth-order valence-corrected chi connectivity index (χ4v) is 3.10. The Labute approximate surface area is 154 Å².